The molecule has 3 heteroatoms. The maximum atomic E-state index is 12.0. The van der Waals surface area contributed by atoms with Crippen molar-refractivity contribution in [3.63, 3.8) is 0 Å². The van der Waals surface area contributed by atoms with Crippen LogP contribution in [0.25, 0.3) is 11.1 Å². The summed E-state index contributed by atoms with van der Waals surface area (Å²) in [6.07, 6.45) is -0.0311. The number of aliphatic hydroxyl groups excluding tert-OH is 1. The van der Waals surface area contributed by atoms with Crippen molar-refractivity contribution in [2.45, 2.75) is 12.5 Å². The second-order valence-electron chi connectivity index (χ2n) is 5.79. The number of fused-ring (bicyclic) bond motifs is 4. The normalized spacial score (nSPS) is 26.9. The minimum absolute atomic E-state index is 0.160. The van der Waals surface area contributed by atoms with Crippen LogP contribution in [-0.4, -0.2) is 17.7 Å². The Bertz CT molecular complexity index is 707. The van der Waals surface area contributed by atoms with Crippen LogP contribution in [0.4, 0.5) is 0 Å². The van der Waals surface area contributed by atoms with Gasteiger partial charge in [-0.2, -0.15) is 0 Å². The van der Waals surface area contributed by atoms with Gasteiger partial charge in [0.15, 0.2) is 0 Å². The number of carbonyl (C=O) groups is 1. The van der Waals surface area contributed by atoms with Gasteiger partial charge in [-0.3, -0.25) is 4.79 Å². The van der Waals surface area contributed by atoms with Crippen LogP contribution >= 0.6 is 0 Å². The minimum atomic E-state index is -0.661. The third-order valence-corrected chi connectivity index (χ3v) is 4.67. The average molecular weight is 280 g/mol. The van der Waals surface area contributed by atoms with Gasteiger partial charge in [0.1, 0.15) is 0 Å². The van der Waals surface area contributed by atoms with E-state index in [0.29, 0.717) is 13.0 Å². The van der Waals surface area contributed by atoms with E-state index in [9.17, 15) is 9.90 Å². The average Bonchev–Trinajstić information content (AvgIpc) is 2.87. The molecule has 1 aliphatic heterocycles. The lowest BCUT2D eigenvalue weighted by Gasteiger charge is -2.27. The maximum absolute atomic E-state index is 12.0. The first-order valence-electron chi connectivity index (χ1n) is 7.27. The lowest BCUT2D eigenvalue weighted by molar-refractivity contribution is -0.141. The highest BCUT2D eigenvalue weighted by Crippen LogP contribution is 2.43. The lowest BCUT2D eigenvalue weighted by Crippen LogP contribution is -2.26. The fourth-order valence-corrected chi connectivity index (χ4v) is 3.55. The summed E-state index contributed by atoms with van der Waals surface area (Å²) in [4.78, 5) is 12.0. The molecular weight excluding hydrogens is 264 g/mol. The molecule has 0 spiro atoms. The largest absolute Gasteiger partial charge is 0.465 e. The van der Waals surface area contributed by atoms with E-state index in [1.54, 1.807) is 0 Å². The first-order valence-corrected chi connectivity index (χ1v) is 7.27. The molecule has 0 bridgehead atoms. The molecule has 21 heavy (non-hydrogen) atoms. The van der Waals surface area contributed by atoms with E-state index in [-0.39, 0.29) is 17.8 Å². The molecule has 0 radical (unpaired) electrons. The van der Waals surface area contributed by atoms with Gasteiger partial charge in [-0.05, 0) is 28.7 Å². The first kappa shape index (κ1) is 12.6. The molecule has 1 heterocycles. The zero-order chi connectivity index (χ0) is 14.4. The van der Waals surface area contributed by atoms with E-state index < -0.39 is 6.10 Å². The smallest absolute Gasteiger partial charge is 0.309 e. The number of hydrogen-bond acceptors (Lipinski definition) is 3. The molecule has 106 valence electrons. The molecule has 1 saturated heterocycles. The van der Waals surface area contributed by atoms with Crippen LogP contribution in [0.2, 0.25) is 0 Å². The Labute approximate surface area is 123 Å². The van der Waals surface area contributed by atoms with Crippen LogP contribution in [0.3, 0.4) is 0 Å². The van der Waals surface area contributed by atoms with Gasteiger partial charge in [0.25, 0.3) is 0 Å². The van der Waals surface area contributed by atoms with Crippen molar-refractivity contribution >= 4 is 5.97 Å². The molecule has 0 aromatic heterocycles. The Morgan fingerprint density at radius 1 is 1.00 bits per heavy atom. The SMILES string of the molecule is O=C1OC[C@@H]2[C@H](O)c3ccccc3-c3ccccc3C[C@@H]12. The third-order valence-electron chi connectivity index (χ3n) is 4.67. The van der Waals surface area contributed by atoms with Gasteiger partial charge in [0, 0.05) is 5.92 Å². The van der Waals surface area contributed by atoms with Crippen LogP contribution in [0.1, 0.15) is 17.2 Å². The molecule has 3 nitrogen and oxygen atoms in total. The quantitative estimate of drug-likeness (QED) is 0.755. The van der Waals surface area contributed by atoms with Gasteiger partial charge in [0.05, 0.1) is 18.6 Å². The van der Waals surface area contributed by atoms with Crippen molar-refractivity contribution < 1.29 is 14.6 Å². The Morgan fingerprint density at radius 3 is 2.57 bits per heavy atom. The molecule has 1 fully saturated rings. The van der Waals surface area contributed by atoms with E-state index in [0.717, 1.165) is 22.3 Å². The van der Waals surface area contributed by atoms with Gasteiger partial charge in [-0.1, -0.05) is 48.5 Å². The van der Waals surface area contributed by atoms with Crippen LogP contribution in [-0.2, 0) is 16.0 Å². The zero-order valence-electron chi connectivity index (χ0n) is 11.5. The summed E-state index contributed by atoms with van der Waals surface area (Å²) in [6.45, 7) is 0.307. The molecule has 2 aromatic carbocycles. The molecule has 1 aliphatic carbocycles. The molecular formula is C18H16O3. The number of cyclic esters (lactones) is 1. The monoisotopic (exact) mass is 280 g/mol. The Balaban J connectivity index is 1.96. The number of hydrogen-bond donors (Lipinski definition) is 1. The summed E-state index contributed by atoms with van der Waals surface area (Å²) in [5.74, 6) is -0.602. The highest BCUT2D eigenvalue weighted by atomic mass is 16.5. The van der Waals surface area contributed by atoms with Crippen LogP contribution in [0, 0.1) is 11.8 Å². The summed E-state index contributed by atoms with van der Waals surface area (Å²) in [5.41, 5.74) is 4.19. The van der Waals surface area contributed by atoms with E-state index in [1.807, 2.05) is 36.4 Å². The summed E-state index contributed by atoms with van der Waals surface area (Å²) in [5, 5.41) is 10.7. The van der Waals surface area contributed by atoms with E-state index >= 15 is 0 Å². The standard InChI is InChI=1S/C18H16O3/c19-17-14-8-4-3-7-13(14)12-6-2-1-5-11(12)9-15-16(17)10-21-18(15)20/h1-8,15-17,19H,9-10H2/t15-,16+,17-/m1/s1. The molecule has 2 aromatic rings. The Hall–Kier alpha value is -2.13. The zero-order valence-corrected chi connectivity index (χ0v) is 11.5. The molecule has 0 unspecified atom stereocenters. The van der Waals surface area contributed by atoms with E-state index in [1.165, 1.54) is 0 Å². The number of esters is 1. The number of aliphatic hydroxyl groups is 1. The van der Waals surface area contributed by atoms with Gasteiger partial charge in [0.2, 0.25) is 0 Å². The van der Waals surface area contributed by atoms with Crippen LogP contribution < -0.4 is 0 Å². The number of rotatable bonds is 0. The molecule has 0 amide bonds. The Morgan fingerprint density at radius 2 is 1.71 bits per heavy atom. The summed E-state index contributed by atoms with van der Waals surface area (Å²) < 4.78 is 5.21. The van der Waals surface area contributed by atoms with Crippen molar-refractivity contribution in [1.82, 2.24) is 0 Å². The third kappa shape index (κ3) is 1.88. The topological polar surface area (TPSA) is 46.5 Å². The fourth-order valence-electron chi connectivity index (χ4n) is 3.55. The molecule has 0 saturated carbocycles. The molecule has 2 aliphatic rings. The minimum Gasteiger partial charge on any atom is -0.465 e. The predicted molar refractivity (Wildman–Crippen MR) is 78.5 cm³/mol. The Kier molecular flexibility index (Phi) is 2.82. The van der Waals surface area contributed by atoms with Crippen LogP contribution in [0.5, 0.6) is 0 Å². The number of carbonyl (C=O) groups excluding carboxylic acids is 1. The van der Waals surface area contributed by atoms with Gasteiger partial charge >= 0.3 is 5.97 Å². The summed E-state index contributed by atoms with van der Waals surface area (Å²) in [7, 11) is 0. The second kappa shape index (κ2) is 4.71. The van der Waals surface area contributed by atoms with Crippen molar-refractivity contribution in [3.05, 3.63) is 59.7 Å². The maximum Gasteiger partial charge on any atom is 0.309 e. The first-order chi connectivity index (χ1) is 10.3. The molecule has 3 atom stereocenters. The van der Waals surface area contributed by atoms with E-state index in [2.05, 4.69) is 12.1 Å². The highest BCUT2D eigenvalue weighted by Gasteiger charge is 2.43. The fraction of sp³-hybridized carbons (Fsp3) is 0.278. The van der Waals surface area contributed by atoms with Gasteiger partial charge < -0.3 is 9.84 Å². The van der Waals surface area contributed by atoms with Crippen molar-refractivity contribution in [3.8, 4) is 11.1 Å². The van der Waals surface area contributed by atoms with E-state index in [4.69, 9.17) is 4.74 Å². The molecule has 1 N–H and O–H groups in total. The number of benzene rings is 2. The highest BCUT2D eigenvalue weighted by molar-refractivity contribution is 5.78. The predicted octanol–water partition coefficient (Wildman–Crippen LogP) is 2.73. The van der Waals surface area contributed by atoms with Crippen molar-refractivity contribution in [1.29, 1.82) is 0 Å². The summed E-state index contributed by atoms with van der Waals surface area (Å²) >= 11 is 0. The lowest BCUT2D eigenvalue weighted by atomic mass is 9.77. The number of ether oxygens (including phenoxy) is 1. The van der Waals surface area contributed by atoms with Gasteiger partial charge in [-0.15, -0.1) is 0 Å². The van der Waals surface area contributed by atoms with Crippen molar-refractivity contribution in [2.75, 3.05) is 6.61 Å². The van der Waals surface area contributed by atoms with Crippen LogP contribution in [0.15, 0.2) is 48.5 Å². The molecule has 4 rings (SSSR count). The second-order valence-corrected chi connectivity index (χ2v) is 5.79. The van der Waals surface area contributed by atoms with Gasteiger partial charge in [-0.25, -0.2) is 0 Å². The summed E-state index contributed by atoms with van der Waals surface area (Å²) in [6, 6.07) is 16.0. The van der Waals surface area contributed by atoms with Crippen molar-refractivity contribution in [2.24, 2.45) is 11.8 Å².